The first-order chi connectivity index (χ1) is 13.5. The lowest BCUT2D eigenvalue weighted by molar-refractivity contribution is -0.139. The lowest BCUT2D eigenvalue weighted by Gasteiger charge is -2.15. The number of aliphatic imine (C=N–C) groups is 1. The van der Waals surface area contributed by atoms with E-state index in [0.717, 1.165) is 24.7 Å². The van der Waals surface area contributed by atoms with Crippen LogP contribution in [0.25, 0.3) is 0 Å². The summed E-state index contributed by atoms with van der Waals surface area (Å²) in [6.45, 7) is 5.36. The quantitative estimate of drug-likeness (QED) is 0.276. The van der Waals surface area contributed by atoms with E-state index in [4.69, 9.17) is 4.74 Å². The van der Waals surface area contributed by atoms with Gasteiger partial charge in [0.05, 0.1) is 23.2 Å². The van der Waals surface area contributed by atoms with Crippen LogP contribution in [0.3, 0.4) is 0 Å². The minimum atomic E-state index is -4.75. The van der Waals surface area contributed by atoms with E-state index in [0.29, 0.717) is 16.8 Å². The van der Waals surface area contributed by atoms with Crippen LogP contribution in [0.5, 0.6) is 0 Å². The number of hydrogen-bond donors (Lipinski definition) is 0. The number of carbonyl (C=O) groups excluding carboxylic acids is 1. The molecule has 0 aromatic heterocycles. The zero-order chi connectivity index (χ0) is 21.8. The molecule has 0 N–H and O–H groups in total. The number of halogens is 4. The average Bonchev–Trinajstić information content (AvgIpc) is 2.65. The van der Waals surface area contributed by atoms with Crippen molar-refractivity contribution in [3.8, 4) is 0 Å². The largest absolute Gasteiger partial charge is 0.457 e. The monoisotopic (exact) mass is 410 g/mol. The second-order valence-corrected chi connectivity index (χ2v) is 6.61. The molecule has 2 aromatic rings. The first-order valence-corrected chi connectivity index (χ1v) is 8.92. The molecular weight excluding hydrogens is 388 g/mol. The average molecular weight is 410 g/mol. The van der Waals surface area contributed by atoms with Crippen LogP contribution in [0.2, 0.25) is 0 Å². The van der Waals surface area contributed by atoms with E-state index in [2.05, 4.69) is 4.99 Å². The molecule has 0 spiro atoms. The Morgan fingerprint density at radius 2 is 1.90 bits per heavy atom. The van der Waals surface area contributed by atoms with Crippen LogP contribution in [0.1, 0.15) is 39.5 Å². The lowest BCUT2D eigenvalue weighted by Crippen LogP contribution is -2.15. The summed E-state index contributed by atoms with van der Waals surface area (Å²) in [5, 5.41) is 0. The lowest BCUT2D eigenvalue weighted by atomic mass is 10.0. The number of carbonyl (C=O) groups is 1. The number of esters is 1. The van der Waals surface area contributed by atoms with E-state index in [1.54, 1.807) is 32.3 Å². The molecule has 0 saturated heterocycles. The maximum atomic E-state index is 13.9. The second-order valence-electron chi connectivity index (χ2n) is 6.61. The van der Waals surface area contributed by atoms with Crippen molar-refractivity contribution in [2.75, 3.05) is 13.6 Å². The highest BCUT2D eigenvalue weighted by atomic mass is 19.4. The molecule has 2 aromatic carbocycles. The van der Waals surface area contributed by atoms with Crippen molar-refractivity contribution in [2.24, 2.45) is 4.99 Å². The maximum Gasteiger partial charge on any atom is 0.416 e. The molecule has 0 atom stereocenters. The molecule has 4 nitrogen and oxygen atoms in total. The summed E-state index contributed by atoms with van der Waals surface area (Å²) in [6, 6.07) is 5.86. The van der Waals surface area contributed by atoms with E-state index in [1.165, 1.54) is 0 Å². The molecule has 0 radical (unpaired) electrons. The molecule has 8 heteroatoms. The Balaban J connectivity index is 2.23. The van der Waals surface area contributed by atoms with Crippen molar-refractivity contribution in [3.05, 3.63) is 64.0 Å². The van der Waals surface area contributed by atoms with Gasteiger partial charge in [-0.15, -0.1) is 0 Å². The molecule has 0 aliphatic carbocycles. The maximum absolute atomic E-state index is 13.9. The fraction of sp³-hybridized carbons (Fsp3) is 0.333. The van der Waals surface area contributed by atoms with E-state index in [-0.39, 0.29) is 5.56 Å². The minimum absolute atomic E-state index is 0.190. The Kier molecular flexibility index (Phi) is 7.00. The predicted molar refractivity (Wildman–Crippen MR) is 103 cm³/mol. The smallest absolute Gasteiger partial charge is 0.416 e. The SMILES string of the molecule is CCN(C)/C=N/c1cc(C)c(C(=O)OCc2c(F)cccc2C(F)(F)F)cc1C. The van der Waals surface area contributed by atoms with E-state index in [9.17, 15) is 22.4 Å². The van der Waals surface area contributed by atoms with Crippen LogP contribution < -0.4 is 0 Å². The number of alkyl halides is 3. The number of rotatable bonds is 6. The summed E-state index contributed by atoms with van der Waals surface area (Å²) in [4.78, 5) is 18.6. The molecular formula is C21H22F4N2O2. The summed E-state index contributed by atoms with van der Waals surface area (Å²) >= 11 is 0. The van der Waals surface area contributed by atoms with Crippen molar-refractivity contribution < 1.29 is 27.1 Å². The minimum Gasteiger partial charge on any atom is -0.457 e. The molecule has 29 heavy (non-hydrogen) atoms. The van der Waals surface area contributed by atoms with Crippen molar-refractivity contribution in [2.45, 2.75) is 33.6 Å². The van der Waals surface area contributed by atoms with Gasteiger partial charge in [0.15, 0.2) is 0 Å². The van der Waals surface area contributed by atoms with Crippen LogP contribution in [0.4, 0.5) is 23.2 Å². The van der Waals surface area contributed by atoms with Crippen molar-refractivity contribution in [1.29, 1.82) is 0 Å². The molecule has 0 saturated carbocycles. The van der Waals surface area contributed by atoms with E-state index < -0.39 is 35.7 Å². The highest BCUT2D eigenvalue weighted by Gasteiger charge is 2.34. The topological polar surface area (TPSA) is 41.9 Å². The Labute approximate surface area is 166 Å². The molecule has 0 bridgehead atoms. The number of nitrogens with zero attached hydrogens (tertiary/aromatic N) is 2. The summed E-state index contributed by atoms with van der Waals surface area (Å²) in [7, 11) is 1.87. The van der Waals surface area contributed by atoms with Gasteiger partial charge in [0.1, 0.15) is 12.4 Å². The van der Waals surface area contributed by atoms with Gasteiger partial charge >= 0.3 is 12.1 Å². The molecule has 2 rings (SSSR count). The highest BCUT2D eigenvalue weighted by molar-refractivity contribution is 5.92. The molecule has 0 amide bonds. The fourth-order valence-electron chi connectivity index (χ4n) is 2.59. The number of hydrogen-bond acceptors (Lipinski definition) is 3. The zero-order valence-corrected chi connectivity index (χ0v) is 16.6. The number of benzene rings is 2. The van der Waals surface area contributed by atoms with Gasteiger partial charge < -0.3 is 9.64 Å². The zero-order valence-electron chi connectivity index (χ0n) is 16.6. The Bertz CT molecular complexity index is 924. The molecule has 156 valence electrons. The molecule has 0 unspecified atom stereocenters. The summed E-state index contributed by atoms with van der Waals surface area (Å²) < 4.78 is 58.1. The van der Waals surface area contributed by atoms with Gasteiger partial charge in [-0.2, -0.15) is 13.2 Å². The molecule has 0 heterocycles. The standard InChI is InChI=1S/C21H22F4N2O2/c1-5-27(4)12-26-19-10-13(2)15(9-14(19)3)20(28)29-11-16-17(21(23,24)25)7-6-8-18(16)22/h6-10,12H,5,11H2,1-4H3/b26-12+. The van der Waals surface area contributed by atoms with Crippen LogP contribution in [0, 0.1) is 19.7 Å². The molecule has 0 aliphatic rings. The summed E-state index contributed by atoms with van der Waals surface area (Å²) in [6.07, 6.45) is -3.09. The third kappa shape index (κ3) is 5.56. The van der Waals surface area contributed by atoms with Gasteiger partial charge in [0.2, 0.25) is 0 Å². The summed E-state index contributed by atoms with van der Waals surface area (Å²) in [5.41, 5.74) is 0.235. The van der Waals surface area contributed by atoms with Gasteiger partial charge in [0.25, 0.3) is 0 Å². The van der Waals surface area contributed by atoms with Gasteiger partial charge in [0, 0.05) is 19.2 Å². The molecule has 0 fully saturated rings. The molecule has 0 aliphatic heterocycles. The highest BCUT2D eigenvalue weighted by Crippen LogP contribution is 2.33. The van der Waals surface area contributed by atoms with Crippen LogP contribution in [0.15, 0.2) is 35.3 Å². The Morgan fingerprint density at radius 3 is 2.52 bits per heavy atom. The van der Waals surface area contributed by atoms with Gasteiger partial charge in [-0.3, -0.25) is 0 Å². The number of aryl methyl sites for hydroxylation is 2. The Hall–Kier alpha value is -2.90. The van der Waals surface area contributed by atoms with Crippen molar-refractivity contribution in [1.82, 2.24) is 4.90 Å². The van der Waals surface area contributed by atoms with Gasteiger partial charge in [-0.05, 0) is 56.2 Å². The van der Waals surface area contributed by atoms with Gasteiger partial charge in [-0.25, -0.2) is 14.2 Å². The Morgan fingerprint density at radius 1 is 1.21 bits per heavy atom. The normalized spacial score (nSPS) is 11.7. The van der Waals surface area contributed by atoms with Crippen LogP contribution in [-0.4, -0.2) is 30.8 Å². The van der Waals surface area contributed by atoms with Crippen LogP contribution >= 0.6 is 0 Å². The third-order valence-electron chi connectivity index (χ3n) is 4.43. The van der Waals surface area contributed by atoms with Gasteiger partial charge in [-0.1, -0.05) is 6.07 Å². The third-order valence-corrected chi connectivity index (χ3v) is 4.43. The predicted octanol–water partition coefficient (Wildman–Crippen LogP) is 5.43. The van der Waals surface area contributed by atoms with Crippen molar-refractivity contribution >= 4 is 18.0 Å². The van der Waals surface area contributed by atoms with Crippen LogP contribution in [-0.2, 0) is 17.5 Å². The van der Waals surface area contributed by atoms with E-state index >= 15 is 0 Å². The first kappa shape index (κ1) is 22.4. The second kappa shape index (κ2) is 9.07. The summed E-state index contributed by atoms with van der Waals surface area (Å²) in [5.74, 6) is -1.91. The van der Waals surface area contributed by atoms with E-state index in [1.807, 2.05) is 18.9 Å². The van der Waals surface area contributed by atoms with Crippen molar-refractivity contribution in [3.63, 3.8) is 0 Å². The fourth-order valence-corrected chi connectivity index (χ4v) is 2.59. The number of ether oxygens (including phenoxy) is 1. The first-order valence-electron chi connectivity index (χ1n) is 8.92.